The van der Waals surface area contributed by atoms with Gasteiger partial charge in [0.1, 0.15) is 0 Å². The minimum atomic E-state index is -1.03. The Bertz CT molecular complexity index is 617. The van der Waals surface area contributed by atoms with Gasteiger partial charge in [-0.15, -0.1) is 0 Å². The second-order valence-corrected chi connectivity index (χ2v) is 3.77. The Hall–Kier alpha value is -2.30. The normalized spacial score (nSPS) is 11.1. The average Bonchev–Trinajstić information content (AvgIpc) is 2.75. The second-order valence-electron chi connectivity index (χ2n) is 3.77. The van der Waals surface area contributed by atoms with E-state index in [0.29, 0.717) is 0 Å². The lowest BCUT2D eigenvalue weighted by Crippen LogP contribution is -1.96. The summed E-state index contributed by atoms with van der Waals surface area (Å²) in [5.74, 6) is -2.39. The number of allylic oxidation sites excluding steroid dienone is 1. The number of halogens is 2. The quantitative estimate of drug-likeness (QED) is 0.618. The van der Waals surface area contributed by atoms with Crippen LogP contribution < -0.4 is 0 Å². The zero-order chi connectivity index (χ0) is 13.1. The Morgan fingerprint density at radius 1 is 1.33 bits per heavy atom. The first-order chi connectivity index (χ1) is 8.56. The highest BCUT2D eigenvalue weighted by Gasteiger charge is 2.07. The number of benzene rings is 1. The summed E-state index contributed by atoms with van der Waals surface area (Å²) in [6.45, 7) is 0. The molecule has 0 aliphatic carbocycles. The third kappa shape index (κ3) is 2.68. The molecule has 0 fully saturated rings. The number of carbonyl (C=O) groups is 1. The van der Waals surface area contributed by atoms with E-state index in [2.05, 4.69) is 5.10 Å². The van der Waals surface area contributed by atoms with Crippen molar-refractivity contribution in [1.29, 1.82) is 0 Å². The van der Waals surface area contributed by atoms with E-state index in [4.69, 9.17) is 0 Å². The highest BCUT2D eigenvalue weighted by atomic mass is 19.2. The van der Waals surface area contributed by atoms with Gasteiger partial charge in [0.25, 0.3) is 0 Å². The molecule has 3 nitrogen and oxygen atoms in total. The molecule has 0 saturated heterocycles. The molecule has 0 aliphatic rings. The number of aryl methyl sites for hydroxylation is 1. The number of ketones is 1. The highest BCUT2D eigenvalue weighted by molar-refractivity contribution is 6.06. The van der Waals surface area contributed by atoms with Gasteiger partial charge < -0.3 is 0 Å². The number of carbonyl (C=O) groups excluding carboxylic acids is 1. The summed E-state index contributed by atoms with van der Waals surface area (Å²) in [6, 6.07) is 3.06. The van der Waals surface area contributed by atoms with Gasteiger partial charge in [0, 0.05) is 24.4 Å². The molecule has 0 atom stereocenters. The summed E-state index contributed by atoms with van der Waals surface area (Å²) in [4.78, 5) is 11.7. The van der Waals surface area contributed by atoms with E-state index >= 15 is 0 Å². The van der Waals surface area contributed by atoms with Gasteiger partial charge in [0.05, 0.1) is 6.20 Å². The van der Waals surface area contributed by atoms with Gasteiger partial charge in [-0.2, -0.15) is 5.10 Å². The zero-order valence-corrected chi connectivity index (χ0v) is 9.60. The topological polar surface area (TPSA) is 34.9 Å². The van der Waals surface area contributed by atoms with Crippen LogP contribution in [0.2, 0.25) is 0 Å². The van der Waals surface area contributed by atoms with E-state index < -0.39 is 17.4 Å². The molecule has 18 heavy (non-hydrogen) atoms. The van der Waals surface area contributed by atoms with Crippen LogP contribution in [-0.2, 0) is 7.05 Å². The molecule has 1 aromatic heterocycles. The first-order valence-electron chi connectivity index (χ1n) is 5.22. The summed E-state index contributed by atoms with van der Waals surface area (Å²) in [5, 5.41) is 3.94. The van der Waals surface area contributed by atoms with E-state index in [1.54, 1.807) is 30.2 Å². The first-order valence-corrected chi connectivity index (χ1v) is 5.22. The summed E-state index contributed by atoms with van der Waals surface area (Å²) < 4.78 is 27.2. The molecule has 0 N–H and O–H groups in total. The third-order valence-electron chi connectivity index (χ3n) is 2.36. The van der Waals surface area contributed by atoms with Crippen molar-refractivity contribution in [3.63, 3.8) is 0 Å². The minimum Gasteiger partial charge on any atom is -0.289 e. The van der Waals surface area contributed by atoms with Crippen LogP contribution in [-0.4, -0.2) is 15.6 Å². The summed E-state index contributed by atoms with van der Waals surface area (Å²) in [6.07, 6.45) is 6.18. The molecular weight excluding hydrogens is 238 g/mol. The SMILES string of the molecule is Cn1cc(C=CC(=O)c2ccc(F)c(F)c2)cn1. The van der Waals surface area contributed by atoms with Crippen LogP contribution in [0.3, 0.4) is 0 Å². The Kier molecular flexibility index (Phi) is 3.32. The lowest BCUT2D eigenvalue weighted by Gasteiger charge is -1.96. The Morgan fingerprint density at radius 3 is 2.72 bits per heavy atom. The summed E-state index contributed by atoms with van der Waals surface area (Å²) >= 11 is 0. The molecule has 0 spiro atoms. The zero-order valence-electron chi connectivity index (χ0n) is 9.60. The smallest absolute Gasteiger partial charge is 0.185 e. The van der Waals surface area contributed by atoms with Crippen molar-refractivity contribution in [2.24, 2.45) is 7.05 Å². The molecular formula is C13H10F2N2O. The van der Waals surface area contributed by atoms with Crippen molar-refractivity contribution in [2.45, 2.75) is 0 Å². The van der Waals surface area contributed by atoms with Crippen LogP contribution in [0.1, 0.15) is 15.9 Å². The fourth-order valence-corrected chi connectivity index (χ4v) is 1.44. The third-order valence-corrected chi connectivity index (χ3v) is 2.36. The number of hydrogen-bond donors (Lipinski definition) is 0. The molecule has 0 saturated carbocycles. The maximum absolute atomic E-state index is 12.9. The summed E-state index contributed by atoms with van der Waals surface area (Å²) in [7, 11) is 1.76. The van der Waals surface area contributed by atoms with Gasteiger partial charge in [0.15, 0.2) is 17.4 Å². The Labute approximate surface area is 102 Å². The van der Waals surface area contributed by atoms with Gasteiger partial charge in [0.2, 0.25) is 0 Å². The van der Waals surface area contributed by atoms with Crippen LogP contribution in [0.15, 0.2) is 36.7 Å². The molecule has 0 radical (unpaired) electrons. The molecule has 5 heteroatoms. The standard InChI is InChI=1S/C13H10F2N2O/c1-17-8-9(7-16-17)2-5-13(18)10-3-4-11(14)12(15)6-10/h2-8H,1H3. The van der Waals surface area contributed by atoms with Crippen LogP contribution in [0, 0.1) is 11.6 Å². The van der Waals surface area contributed by atoms with Crippen molar-refractivity contribution < 1.29 is 13.6 Å². The van der Waals surface area contributed by atoms with Crippen LogP contribution in [0.25, 0.3) is 6.08 Å². The number of rotatable bonds is 3. The largest absolute Gasteiger partial charge is 0.289 e. The molecule has 2 rings (SSSR count). The molecule has 0 unspecified atom stereocenters. The molecule has 1 aromatic carbocycles. The second kappa shape index (κ2) is 4.91. The van der Waals surface area contributed by atoms with E-state index in [9.17, 15) is 13.6 Å². The Morgan fingerprint density at radius 2 is 2.11 bits per heavy atom. The van der Waals surface area contributed by atoms with Crippen LogP contribution in [0.4, 0.5) is 8.78 Å². The maximum Gasteiger partial charge on any atom is 0.185 e. The molecule has 0 aliphatic heterocycles. The van der Waals surface area contributed by atoms with Gasteiger partial charge in [-0.1, -0.05) is 0 Å². The van der Waals surface area contributed by atoms with Crippen molar-refractivity contribution in [3.8, 4) is 0 Å². The van der Waals surface area contributed by atoms with Gasteiger partial charge in [-0.3, -0.25) is 9.48 Å². The predicted molar refractivity (Wildman–Crippen MR) is 62.9 cm³/mol. The molecule has 92 valence electrons. The maximum atomic E-state index is 12.9. The van der Waals surface area contributed by atoms with E-state index in [1.165, 1.54) is 12.1 Å². The van der Waals surface area contributed by atoms with Crippen molar-refractivity contribution >= 4 is 11.9 Å². The molecule has 2 aromatic rings. The lowest BCUT2D eigenvalue weighted by molar-refractivity contribution is 0.104. The minimum absolute atomic E-state index is 0.106. The summed E-state index contributed by atoms with van der Waals surface area (Å²) in [5.41, 5.74) is 0.863. The van der Waals surface area contributed by atoms with Crippen molar-refractivity contribution in [3.05, 3.63) is 59.4 Å². The number of nitrogens with zero attached hydrogens (tertiary/aromatic N) is 2. The predicted octanol–water partition coefficient (Wildman–Crippen LogP) is 2.59. The molecule has 0 bridgehead atoms. The fourth-order valence-electron chi connectivity index (χ4n) is 1.44. The van der Waals surface area contributed by atoms with Gasteiger partial charge in [-0.05, 0) is 30.4 Å². The van der Waals surface area contributed by atoms with Crippen molar-refractivity contribution in [2.75, 3.05) is 0 Å². The highest BCUT2D eigenvalue weighted by Crippen LogP contribution is 2.10. The van der Waals surface area contributed by atoms with Crippen LogP contribution >= 0.6 is 0 Å². The van der Waals surface area contributed by atoms with Crippen LogP contribution in [0.5, 0.6) is 0 Å². The van der Waals surface area contributed by atoms with Gasteiger partial charge >= 0.3 is 0 Å². The lowest BCUT2D eigenvalue weighted by atomic mass is 10.1. The molecule has 1 heterocycles. The first kappa shape index (κ1) is 12.2. The average molecular weight is 248 g/mol. The number of aromatic nitrogens is 2. The van der Waals surface area contributed by atoms with E-state index in [1.807, 2.05) is 0 Å². The van der Waals surface area contributed by atoms with E-state index in [0.717, 1.165) is 17.7 Å². The Balaban J connectivity index is 2.16. The van der Waals surface area contributed by atoms with E-state index in [-0.39, 0.29) is 5.56 Å². The van der Waals surface area contributed by atoms with Crippen molar-refractivity contribution in [1.82, 2.24) is 9.78 Å². The fraction of sp³-hybridized carbons (Fsp3) is 0.0769. The number of hydrogen-bond acceptors (Lipinski definition) is 2. The van der Waals surface area contributed by atoms with Gasteiger partial charge in [-0.25, -0.2) is 8.78 Å². The monoisotopic (exact) mass is 248 g/mol. The molecule has 0 amide bonds.